The second-order valence-corrected chi connectivity index (χ2v) is 5.94. The molecule has 0 fully saturated rings. The molecular formula is C17H20S. The third-order valence-electron chi connectivity index (χ3n) is 3.50. The van der Waals surface area contributed by atoms with E-state index in [-0.39, 0.29) is 4.75 Å². The Balaban J connectivity index is 2.33. The number of hydrogen-bond donors (Lipinski definition) is 0. The SMILES string of the molecule is CCC(CC)(Sc1ccccc1)c1ccccc1. The molecule has 2 aromatic carbocycles. The zero-order valence-corrected chi connectivity index (χ0v) is 11.9. The van der Waals surface area contributed by atoms with Crippen molar-refractivity contribution < 1.29 is 0 Å². The number of thioether (sulfide) groups is 1. The van der Waals surface area contributed by atoms with Crippen molar-refractivity contribution in [2.75, 3.05) is 0 Å². The summed E-state index contributed by atoms with van der Waals surface area (Å²) in [5, 5.41) is 0. The maximum Gasteiger partial charge on any atom is 0.0450 e. The van der Waals surface area contributed by atoms with E-state index in [0.717, 1.165) is 12.8 Å². The van der Waals surface area contributed by atoms with E-state index in [1.807, 2.05) is 11.8 Å². The molecule has 0 aliphatic rings. The summed E-state index contributed by atoms with van der Waals surface area (Å²) in [5.41, 5.74) is 1.43. The average Bonchev–Trinajstić information content (AvgIpc) is 2.47. The van der Waals surface area contributed by atoms with Crippen molar-refractivity contribution in [1.82, 2.24) is 0 Å². The first-order valence-electron chi connectivity index (χ1n) is 6.60. The fraction of sp³-hybridized carbons (Fsp3) is 0.294. The Bertz CT molecular complexity index is 457. The van der Waals surface area contributed by atoms with Crippen LogP contribution >= 0.6 is 11.8 Å². The third kappa shape index (κ3) is 2.78. The Morgan fingerprint density at radius 3 is 1.78 bits per heavy atom. The number of benzene rings is 2. The highest BCUT2D eigenvalue weighted by molar-refractivity contribution is 8.00. The van der Waals surface area contributed by atoms with Gasteiger partial charge in [0.05, 0.1) is 0 Å². The van der Waals surface area contributed by atoms with Gasteiger partial charge in [-0.3, -0.25) is 0 Å². The van der Waals surface area contributed by atoms with Crippen molar-refractivity contribution in [2.45, 2.75) is 36.3 Å². The van der Waals surface area contributed by atoms with Gasteiger partial charge in [-0.25, -0.2) is 0 Å². The smallest absolute Gasteiger partial charge is 0.0450 e. The molecular weight excluding hydrogens is 236 g/mol. The molecule has 0 nitrogen and oxygen atoms in total. The Labute approximate surface area is 114 Å². The van der Waals surface area contributed by atoms with Crippen molar-refractivity contribution >= 4 is 11.8 Å². The fourth-order valence-corrected chi connectivity index (χ4v) is 3.60. The summed E-state index contributed by atoms with van der Waals surface area (Å²) in [6, 6.07) is 21.6. The van der Waals surface area contributed by atoms with Crippen LogP contribution in [0.4, 0.5) is 0 Å². The molecule has 0 saturated heterocycles. The van der Waals surface area contributed by atoms with E-state index in [9.17, 15) is 0 Å². The minimum atomic E-state index is 0.197. The second kappa shape index (κ2) is 6.10. The summed E-state index contributed by atoms with van der Waals surface area (Å²) in [6.45, 7) is 4.57. The van der Waals surface area contributed by atoms with Crippen molar-refractivity contribution in [1.29, 1.82) is 0 Å². The fourth-order valence-electron chi connectivity index (χ4n) is 2.32. The van der Waals surface area contributed by atoms with Gasteiger partial charge in [0.2, 0.25) is 0 Å². The zero-order chi connectivity index (χ0) is 12.8. The van der Waals surface area contributed by atoms with Crippen molar-refractivity contribution in [3.8, 4) is 0 Å². The van der Waals surface area contributed by atoms with Crippen molar-refractivity contribution in [2.24, 2.45) is 0 Å². The average molecular weight is 256 g/mol. The lowest BCUT2D eigenvalue weighted by molar-refractivity contribution is 0.579. The van der Waals surface area contributed by atoms with Crippen LogP contribution in [0.5, 0.6) is 0 Å². The quantitative estimate of drug-likeness (QED) is 0.637. The molecule has 0 spiro atoms. The normalized spacial score (nSPS) is 11.4. The standard InChI is InChI=1S/C17H20S/c1-3-17(4-2,15-11-7-5-8-12-15)18-16-13-9-6-10-14-16/h5-14H,3-4H2,1-2H3. The van der Waals surface area contributed by atoms with Gasteiger partial charge in [0.25, 0.3) is 0 Å². The molecule has 18 heavy (non-hydrogen) atoms. The molecule has 0 radical (unpaired) electrons. The van der Waals surface area contributed by atoms with Crippen LogP contribution in [0, 0.1) is 0 Å². The molecule has 2 aromatic rings. The molecule has 0 aromatic heterocycles. The van der Waals surface area contributed by atoms with Gasteiger partial charge in [-0.1, -0.05) is 62.4 Å². The summed E-state index contributed by atoms with van der Waals surface area (Å²) in [4.78, 5) is 1.35. The summed E-state index contributed by atoms with van der Waals surface area (Å²) in [5.74, 6) is 0. The lowest BCUT2D eigenvalue weighted by Gasteiger charge is -2.31. The van der Waals surface area contributed by atoms with Gasteiger partial charge in [0.1, 0.15) is 0 Å². The molecule has 94 valence electrons. The first-order valence-corrected chi connectivity index (χ1v) is 7.42. The number of hydrogen-bond acceptors (Lipinski definition) is 1. The van der Waals surface area contributed by atoms with Crippen LogP contribution < -0.4 is 0 Å². The summed E-state index contributed by atoms with van der Waals surface area (Å²) >= 11 is 1.99. The molecule has 0 N–H and O–H groups in total. The molecule has 0 unspecified atom stereocenters. The van der Waals surface area contributed by atoms with Gasteiger partial charge in [0.15, 0.2) is 0 Å². The molecule has 0 amide bonds. The van der Waals surface area contributed by atoms with E-state index in [0.29, 0.717) is 0 Å². The van der Waals surface area contributed by atoms with Gasteiger partial charge < -0.3 is 0 Å². The molecule has 0 atom stereocenters. The lowest BCUT2D eigenvalue weighted by atomic mass is 9.93. The van der Waals surface area contributed by atoms with Crippen LogP contribution in [-0.4, -0.2) is 0 Å². The van der Waals surface area contributed by atoms with E-state index in [4.69, 9.17) is 0 Å². The first kappa shape index (κ1) is 13.2. The van der Waals surface area contributed by atoms with Crippen LogP contribution in [0.3, 0.4) is 0 Å². The van der Waals surface area contributed by atoms with Crippen molar-refractivity contribution in [3.63, 3.8) is 0 Å². The molecule has 0 saturated carbocycles. The predicted molar refractivity (Wildman–Crippen MR) is 81.0 cm³/mol. The van der Waals surface area contributed by atoms with Crippen LogP contribution in [0.1, 0.15) is 32.3 Å². The highest BCUT2D eigenvalue weighted by Crippen LogP contribution is 2.46. The van der Waals surface area contributed by atoms with Crippen LogP contribution in [0.2, 0.25) is 0 Å². The zero-order valence-electron chi connectivity index (χ0n) is 11.1. The molecule has 0 aliphatic carbocycles. The highest BCUT2D eigenvalue weighted by atomic mass is 32.2. The maximum atomic E-state index is 2.28. The Morgan fingerprint density at radius 1 is 0.778 bits per heavy atom. The van der Waals surface area contributed by atoms with Gasteiger partial charge in [-0.05, 0) is 30.5 Å². The predicted octanol–water partition coefficient (Wildman–Crippen LogP) is 5.49. The highest BCUT2D eigenvalue weighted by Gasteiger charge is 2.29. The Morgan fingerprint density at radius 2 is 1.28 bits per heavy atom. The third-order valence-corrected chi connectivity index (χ3v) is 5.21. The molecule has 2 rings (SSSR count). The summed E-state index contributed by atoms with van der Waals surface area (Å²) < 4.78 is 0.197. The molecule has 0 aliphatic heterocycles. The summed E-state index contributed by atoms with van der Waals surface area (Å²) in [6.07, 6.45) is 2.29. The number of rotatable bonds is 5. The van der Waals surface area contributed by atoms with Crippen molar-refractivity contribution in [3.05, 3.63) is 66.2 Å². The lowest BCUT2D eigenvalue weighted by Crippen LogP contribution is -2.19. The van der Waals surface area contributed by atoms with Crippen LogP contribution in [0.15, 0.2) is 65.6 Å². The monoisotopic (exact) mass is 256 g/mol. The van der Waals surface area contributed by atoms with E-state index in [1.165, 1.54) is 10.5 Å². The largest absolute Gasteiger partial charge is 0.115 e. The van der Waals surface area contributed by atoms with Crippen LogP contribution in [-0.2, 0) is 4.75 Å². The van der Waals surface area contributed by atoms with Gasteiger partial charge >= 0.3 is 0 Å². The van der Waals surface area contributed by atoms with E-state index in [2.05, 4.69) is 74.5 Å². The minimum absolute atomic E-state index is 0.197. The van der Waals surface area contributed by atoms with Gasteiger partial charge in [-0.2, -0.15) is 0 Å². The Kier molecular flexibility index (Phi) is 4.48. The Hall–Kier alpha value is -1.21. The maximum absolute atomic E-state index is 2.28. The molecule has 1 heteroatoms. The van der Waals surface area contributed by atoms with Gasteiger partial charge in [-0.15, -0.1) is 11.8 Å². The van der Waals surface area contributed by atoms with Crippen LogP contribution in [0.25, 0.3) is 0 Å². The topological polar surface area (TPSA) is 0 Å². The molecule has 0 bridgehead atoms. The van der Waals surface area contributed by atoms with Gasteiger partial charge in [0, 0.05) is 9.64 Å². The van der Waals surface area contributed by atoms with E-state index in [1.54, 1.807) is 0 Å². The molecule has 0 heterocycles. The van der Waals surface area contributed by atoms with E-state index >= 15 is 0 Å². The summed E-state index contributed by atoms with van der Waals surface area (Å²) in [7, 11) is 0. The first-order chi connectivity index (χ1) is 8.80. The minimum Gasteiger partial charge on any atom is -0.115 e. The van der Waals surface area contributed by atoms with E-state index < -0.39 is 0 Å². The second-order valence-electron chi connectivity index (χ2n) is 4.48.